The number of urea groups is 1. The third kappa shape index (κ3) is 5.09. The van der Waals surface area contributed by atoms with Crippen LogP contribution < -0.4 is 10.6 Å². The topological polar surface area (TPSA) is 78.4 Å². The Morgan fingerprint density at radius 3 is 2.53 bits per heavy atom. The van der Waals surface area contributed by atoms with Gasteiger partial charge in [0.05, 0.1) is 0 Å². The van der Waals surface area contributed by atoms with Crippen molar-refractivity contribution in [3.05, 3.63) is 0 Å². The predicted molar refractivity (Wildman–Crippen MR) is 74.0 cm³/mol. The zero-order valence-corrected chi connectivity index (χ0v) is 12.1. The number of nitrogens with one attached hydrogen (secondary N) is 2. The smallest absolute Gasteiger partial charge is 0.326 e. The number of amides is 2. The molecule has 0 saturated heterocycles. The molecule has 2 amide bonds. The van der Waals surface area contributed by atoms with Crippen LogP contribution in [0.1, 0.15) is 52.9 Å². The molecule has 0 radical (unpaired) electrons. The zero-order valence-electron chi connectivity index (χ0n) is 12.1. The molecule has 1 fully saturated rings. The van der Waals surface area contributed by atoms with Crippen molar-refractivity contribution >= 4 is 12.0 Å². The Labute approximate surface area is 115 Å². The van der Waals surface area contributed by atoms with Gasteiger partial charge in [0.25, 0.3) is 0 Å². The number of rotatable bonds is 5. The molecule has 3 N–H and O–H groups in total. The van der Waals surface area contributed by atoms with Crippen LogP contribution in [0.5, 0.6) is 0 Å². The van der Waals surface area contributed by atoms with Crippen molar-refractivity contribution in [1.29, 1.82) is 0 Å². The van der Waals surface area contributed by atoms with E-state index in [2.05, 4.69) is 24.5 Å². The summed E-state index contributed by atoms with van der Waals surface area (Å²) < 4.78 is 0. The molecule has 110 valence electrons. The molecule has 0 aromatic heterocycles. The van der Waals surface area contributed by atoms with Crippen LogP contribution in [0.4, 0.5) is 4.79 Å². The largest absolute Gasteiger partial charge is 0.480 e. The molecule has 0 aliphatic heterocycles. The van der Waals surface area contributed by atoms with E-state index >= 15 is 0 Å². The number of carbonyl (C=O) groups excluding carboxylic acids is 1. The van der Waals surface area contributed by atoms with Gasteiger partial charge in [0, 0.05) is 6.04 Å². The number of carboxylic acids is 1. The highest BCUT2D eigenvalue weighted by Gasteiger charge is 2.27. The van der Waals surface area contributed by atoms with Gasteiger partial charge in [-0.2, -0.15) is 0 Å². The molecular weight excluding hydrogens is 244 g/mol. The highest BCUT2D eigenvalue weighted by molar-refractivity contribution is 5.82. The Morgan fingerprint density at radius 2 is 2.00 bits per heavy atom. The van der Waals surface area contributed by atoms with Crippen molar-refractivity contribution < 1.29 is 14.7 Å². The molecule has 0 aromatic rings. The molecule has 1 aliphatic rings. The molecule has 4 unspecified atom stereocenters. The van der Waals surface area contributed by atoms with E-state index in [1.165, 1.54) is 0 Å². The average molecular weight is 270 g/mol. The van der Waals surface area contributed by atoms with Gasteiger partial charge in [0.2, 0.25) is 0 Å². The van der Waals surface area contributed by atoms with Gasteiger partial charge in [-0.15, -0.1) is 0 Å². The lowest BCUT2D eigenvalue weighted by Gasteiger charge is -2.33. The van der Waals surface area contributed by atoms with Gasteiger partial charge < -0.3 is 15.7 Å². The van der Waals surface area contributed by atoms with E-state index in [9.17, 15) is 9.59 Å². The Kier molecular flexibility index (Phi) is 6.12. The van der Waals surface area contributed by atoms with Crippen LogP contribution in [-0.2, 0) is 4.79 Å². The van der Waals surface area contributed by atoms with Crippen molar-refractivity contribution in [2.75, 3.05) is 0 Å². The molecule has 1 saturated carbocycles. The van der Waals surface area contributed by atoms with Crippen LogP contribution in [0.2, 0.25) is 0 Å². The van der Waals surface area contributed by atoms with E-state index in [1.807, 2.05) is 6.92 Å². The summed E-state index contributed by atoms with van der Waals surface area (Å²) in [5.41, 5.74) is 0. The zero-order chi connectivity index (χ0) is 14.4. The fraction of sp³-hybridized carbons (Fsp3) is 0.857. The van der Waals surface area contributed by atoms with Crippen LogP contribution in [0.25, 0.3) is 0 Å². The number of hydrogen-bond acceptors (Lipinski definition) is 2. The summed E-state index contributed by atoms with van der Waals surface area (Å²) in [6.45, 7) is 6.27. The summed E-state index contributed by atoms with van der Waals surface area (Å²) in [5, 5.41) is 14.5. The summed E-state index contributed by atoms with van der Waals surface area (Å²) in [4.78, 5) is 22.8. The highest BCUT2D eigenvalue weighted by atomic mass is 16.4. The van der Waals surface area contributed by atoms with Gasteiger partial charge in [0.15, 0.2) is 0 Å². The van der Waals surface area contributed by atoms with Crippen molar-refractivity contribution in [3.8, 4) is 0 Å². The van der Waals surface area contributed by atoms with Crippen LogP contribution in [0.15, 0.2) is 0 Å². The van der Waals surface area contributed by atoms with Gasteiger partial charge >= 0.3 is 12.0 Å². The van der Waals surface area contributed by atoms with Gasteiger partial charge in [0.1, 0.15) is 6.04 Å². The number of carbonyl (C=O) groups is 2. The maximum absolute atomic E-state index is 11.8. The summed E-state index contributed by atoms with van der Waals surface area (Å²) in [6, 6.07) is -0.984. The van der Waals surface area contributed by atoms with E-state index in [1.54, 1.807) is 0 Å². The van der Waals surface area contributed by atoms with E-state index in [0.717, 1.165) is 25.7 Å². The quantitative estimate of drug-likeness (QED) is 0.717. The molecule has 19 heavy (non-hydrogen) atoms. The first kappa shape index (κ1) is 15.8. The van der Waals surface area contributed by atoms with Crippen molar-refractivity contribution in [2.24, 2.45) is 11.8 Å². The normalized spacial score (nSPS) is 28.5. The summed E-state index contributed by atoms with van der Waals surface area (Å²) in [7, 11) is 0. The van der Waals surface area contributed by atoms with Gasteiger partial charge in [-0.25, -0.2) is 9.59 Å². The second-order valence-corrected chi connectivity index (χ2v) is 5.80. The lowest BCUT2D eigenvalue weighted by Crippen LogP contribution is -2.51. The molecule has 0 heterocycles. The summed E-state index contributed by atoms with van der Waals surface area (Å²) in [5.74, 6) is 0.189. The first-order valence-corrected chi connectivity index (χ1v) is 7.23. The molecule has 5 heteroatoms. The minimum atomic E-state index is -0.970. The van der Waals surface area contributed by atoms with Gasteiger partial charge in [-0.1, -0.05) is 27.2 Å². The monoisotopic (exact) mass is 270 g/mol. The fourth-order valence-corrected chi connectivity index (χ4v) is 2.79. The summed E-state index contributed by atoms with van der Waals surface area (Å²) >= 11 is 0. The van der Waals surface area contributed by atoms with E-state index in [-0.39, 0.29) is 12.1 Å². The Bertz CT molecular complexity index is 320. The Morgan fingerprint density at radius 1 is 1.32 bits per heavy atom. The van der Waals surface area contributed by atoms with Gasteiger partial charge in [-0.3, -0.25) is 0 Å². The second kappa shape index (κ2) is 7.36. The van der Waals surface area contributed by atoms with Crippen LogP contribution in [0.3, 0.4) is 0 Å². The maximum atomic E-state index is 11.8. The standard InChI is InChI=1S/C14H26N2O3/c1-4-5-12(13(17)18)16-14(19)15-11-7-6-9(2)8-10(11)3/h9-12H,4-8H2,1-3H3,(H,17,18)(H2,15,16,19). The molecule has 0 aromatic carbocycles. The lowest BCUT2D eigenvalue weighted by molar-refractivity contribution is -0.139. The fourth-order valence-electron chi connectivity index (χ4n) is 2.79. The third-order valence-electron chi connectivity index (χ3n) is 3.93. The number of aliphatic carboxylic acids is 1. The van der Waals surface area contributed by atoms with Crippen LogP contribution in [-0.4, -0.2) is 29.2 Å². The first-order chi connectivity index (χ1) is 8.93. The van der Waals surface area contributed by atoms with Crippen molar-refractivity contribution in [1.82, 2.24) is 10.6 Å². The van der Waals surface area contributed by atoms with Gasteiger partial charge in [-0.05, 0) is 37.5 Å². The van der Waals surface area contributed by atoms with Crippen molar-refractivity contribution in [3.63, 3.8) is 0 Å². The average Bonchev–Trinajstić information content (AvgIpc) is 2.32. The van der Waals surface area contributed by atoms with Crippen LogP contribution >= 0.6 is 0 Å². The minimum Gasteiger partial charge on any atom is -0.480 e. The molecule has 5 nitrogen and oxygen atoms in total. The molecular formula is C14H26N2O3. The molecule has 0 spiro atoms. The SMILES string of the molecule is CCCC(NC(=O)NC1CCC(C)CC1C)C(=O)O. The first-order valence-electron chi connectivity index (χ1n) is 7.23. The van der Waals surface area contributed by atoms with E-state index in [0.29, 0.717) is 18.3 Å². The molecule has 1 aliphatic carbocycles. The Balaban J connectivity index is 2.43. The molecule has 4 atom stereocenters. The highest BCUT2D eigenvalue weighted by Crippen LogP contribution is 2.28. The van der Waals surface area contributed by atoms with E-state index < -0.39 is 12.0 Å². The Hall–Kier alpha value is -1.26. The maximum Gasteiger partial charge on any atom is 0.326 e. The third-order valence-corrected chi connectivity index (χ3v) is 3.93. The van der Waals surface area contributed by atoms with Crippen molar-refractivity contribution in [2.45, 2.75) is 65.0 Å². The predicted octanol–water partition coefficient (Wildman–Crippen LogP) is 2.36. The lowest BCUT2D eigenvalue weighted by atomic mass is 9.80. The number of carboxylic acid groups (broad SMARTS) is 1. The number of hydrogen-bond donors (Lipinski definition) is 3. The molecule has 0 bridgehead atoms. The second-order valence-electron chi connectivity index (χ2n) is 5.80. The summed E-state index contributed by atoms with van der Waals surface area (Å²) in [6.07, 6.45) is 4.39. The van der Waals surface area contributed by atoms with E-state index in [4.69, 9.17) is 5.11 Å². The minimum absolute atomic E-state index is 0.160. The molecule has 1 rings (SSSR count). The van der Waals surface area contributed by atoms with Crippen LogP contribution in [0, 0.1) is 11.8 Å².